The normalized spacial score (nSPS) is 13.7. The molecule has 0 aliphatic heterocycles. The maximum atomic E-state index is 12.3. The van der Waals surface area contributed by atoms with Crippen LogP contribution in [-0.2, 0) is 0 Å². The minimum absolute atomic E-state index is 0.00245. The fraction of sp³-hybridized carbons (Fsp3) is 0.250. The van der Waals surface area contributed by atoms with Crippen molar-refractivity contribution in [3.63, 3.8) is 0 Å². The number of carbonyl (C=O) groups is 1. The van der Waals surface area contributed by atoms with Gasteiger partial charge in [-0.15, -0.1) is 0 Å². The lowest BCUT2D eigenvalue weighted by atomic mass is 9.97. The number of nitrogens with one attached hydrogen (secondary N) is 1. The molecule has 1 fully saturated rings. The molecule has 1 N–H and O–H groups in total. The number of carbonyl (C=O) groups excluding carboxylic acids is 1. The molecule has 1 aliphatic rings. The first-order chi connectivity index (χ1) is 12.1. The Morgan fingerprint density at radius 2 is 1.80 bits per heavy atom. The summed E-state index contributed by atoms with van der Waals surface area (Å²) in [5.41, 5.74) is 4.85. The van der Waals surface area contributed by atoms with Gasteiger partial charge in [-0.3, -0.25) is 4.79 Å². The summed E-state index contributed by atoms with van der Waals surface area (Å²) < 4.78 is 5.03. The van der Waals surface area contributed by atoms with Crippen LogP contribution in [0.1, 0.15) is 34.7 Å². The van der Waals surface area contributed by atoms with E-state index in [1.165, 1.54) is 0 Å². The summed E-state index contributed by atoms with van der Waals surface area (Å²) in [5.74, 6) is 1.13. The maximum Gasteiger partial charge on any atom is 0.251 e. The molecule has 0 bridgehead atoms. The van der Waals surface area contributed by atoms with Gasteiger partial charge in [-0.05, 0) is 48.6 Å². The smallest absolute Gasteiger partial charge is 0.251 e. The zero-order valence-electron chi connectivity index (χ0n) is 14.2. The summed E-state index contributed by atoms with van der Waals surface area (Å²) in [4.78, 5) is 16.5. The second kappa shape index (κ2) is 6.16. The summed E-state index contributed by atoms with van der Waals surface area (Å²) in [6, 6.07) is 14.2. The Bertz CT molecular complexity index is 924. The van der Waals surface area contributed by atoms with E-state index in [4.69, 9.17) is 4.52 Å². The molecule has 1 heterocycles. The van der Waals surface area contributed by atoms with Crippen LogP contribution in [0.5, 0.6) is 0 Å². The van der Waals surface area contributed by atoms with E-state index in [9.17, 15) is 4.79 Å². The van der Waals surface area contributed by atoms with Gasteiger partial charge in [0.15, 0.2) is 0 Å². The number of nitrogens with zero attached hydrogens (tertiary/aromatic N) is 2. The quantitative estimate of drug-likeness (QED) is 0.786. The van der Waals surface area contributed by atoms with Crippen LogP contribution in [0.4, 0.5) is 0 Å². The lowest BCUT2D eigenvalue weighted by Gasteiger charge is -2.10. The Hall–Kier alpha value is -2.95. The van der Waals surface area contributed by atoms with E-state index in [0.29, 0.717) is 23.3 Å². The van der Waals surface area contributed by atoms with Crippen LogP contribution < -0.4 is 5.32 Å². The number of amides is 1. The maximum absolute atomic E-state index is 12.3. The molecule has 1 saturated carbocycles. The number of aryl methyl sites for hydroxylation is 2. The van der Waals surface area contributed by atoms with Crippen LogP contribution in [0.3, 0.4) is 0 Å². The van der Waals surface area contributed by atoms with Crippen molar-refractivity contribution in [2.24, 2.45) is 0 Å². The van der Waals surface area contributed by atoms with Crippen LogP contribution in [0.15, 0.2) is 47.0 Å². The van der Waals surface area contributed by atoms with Crippen molar-refractivity contribution in [2.75, 3.05) is 0 Å². The first-order valence-corrected chi connectivity index (χ1v) is 8.43. The predicted molar refractivity (Wildman–Crippen MR) is 95.1 cm³/mol. The Labute approximate surface area is 146 Å². The van der Waals surface area contributed by atoms with E-state index in [1.807, 2.05) is 49.4 Å². The van der Waals surface area contributed by atoms with Gasteiger partial charge in [0.25, 0.3) is 5.91 Å². The van der Waals surface area contributed by atoms with Crippen molar-refractivity contribution in [3.05, 3.63) is 59.5 Å². The van der Waals surface area contributed by atoms with Gasteiger partial charge in [0.2, 0.25) is 11.7 Å². The zero-order valence-corrected chi connectivity index (χ0v) is 14.2. The average Bonchev–Trinajstić information content (AvgIpc) is 3.33. The molecular weight excluding hydrogens is 314 g/mol. The molecule has 0 unspecified atom stereocenters. The van der Waals surface area contributed by atoms with Gasteiger partial charge in [-0.25, -0.2) is 0 Å². The van der Waals surface area contributed by atoms with Crippen LogP contribution in [0, 0.1) is 13.8 Å². The highest BCUT2D eigenvalue weighted by Crippen LogP contribution is 2.27. The standard InChI is InChI=1S/C20H19N3O2/c1-12-3-4-16(20(24)22-17-9-10-17)11-18(12)14-5-7-15(8-6-14)19-21-13(2)25-23-19/h3-8,11,17H,9-10H2,1-2H3,(H,22,24). The van der Waals surface area contributed by atoms with E-state index >= 15 is 0 Å². The molecular formula is C20H19N3O2. The second-order valence-corrected chi connectivity index (χ2v) is 6.49. The minimum Gasteiger partial charge on any atom is -0.349 e. The first-order valence-electron chi connectivity index (χ1n) is 8.43. The molecule has 126 valence electrons. The van der Waals surface area contributed by atoms with Crippen molar-refractivity contribution < 1.29 is 9.32 Å². The largest absolute Gasteiger partial charge is 0.349 e. The molecule has 1 amide bonds. The molecule has 2 aromatic carbocycles. The van der Waals surface area contributed by atoms with Gasteiger partial charge in [-0.1, -0.05) is 35.5 Å². The number of hydrogen-bond donors (Lipinski definition) is 1. The number of rotatable bonds is 4. The third-order valence-electron chi connectivity index (χ3n) is 4.39. The van der Waals surface area contributed by atoms with Gasteiger partial charge in [-0.2, -0.15) is 4.98 Å². The molecule has 0 saturated heterocycles. The molecule has 0 radical (unpaired) electrons. The molecule has 0 atom stereocenters. The van der Waals surface area contributed by atoms with Crippen LogP contribution in [-0.4, -0.2) is 22.1 Å². The van der Waals surface area contributed by atoms with Gasteiger partial charge in [0.05, 0.1) is 0 Å². The second-order valence-electron chi connectivity index (χ2n) is 6.49. The Balaban J connectivity index is 1.63. The summed E-state index contributed by atoms with van der Waals surface area (Å²) in [6.45, 7) is 3.82. The average molecular weight is 333 g/mol. The SMILES string of the molecule is Cc1nc(-c2ccc(-c3cc(C(=O)NC4CC4)ccc3C)cc2)no1. The zero-order chi connectivity index (χ0) is 17.4. The summed E-state index contributed by atoms with van der Waals surface area (Å²) in [7, 11) is 0. The number of aromatic nitrogens is 2. The highest BCUT2D eigenvalue weighted by atomic mass is 16.5. The summed E-state index contributed by atoms with van der Waals surface area (Å²) in [6.07, 6.45) is 2.17. The highest BCUT2D eigenvalue weighted by molar-refractivity contribution is 5.96. The van der Waals surface area contributed by atoms with Crippen LogP contribution in [0.25, 0.3) is 22.5 Å². The van der Waals surface area contributed by atoms with Gasteiger partial charge in [0.1, 0.15) is 0 Å². The Morgan fingerprint density at radius 3 is 2.44 bits per heavy atom. The van der Waals surface area contributed by atoms with E-state index in [0.717, 1.165) is 35.1 Å². The third kappa shape index (κ3) is 3.31. The number of benzene rings is 2. The molecule has 0 spiro atoms. The van der Waals surface area contributed by atoms with Gasteiger partial charge in [0, 0.05) is 24.1 Å². The fourth-order valence-electron chi connectivity index (χ4n) is 2.79. The van der Waals surface area contributed by atoms with Crippen molar-refractivity contribution in [1.29, 1.82) is 0 Å². The monoisotopic (exact) mass is 333 g/mol. The van der Waals surface area contributed by atoms with Crippen LogP contribution in [0.2, 0.25) is 0 Å². The van der Waals surface area contributed by atoms with Crippen molar-refractivity contribution >= 4 is 5.91 Å². The fourth-order valence-corrected chi connectivity index (χ4v) is 2.79. The molecule has 4 rings (SSSR count). The molecule has 5 heteroatoms. The molecule has 3 aromatic rings. The van der Waals surface area contributed by atoms with Crippen molar-refractivity contribution in [1.82, 2.24) is 15.5 Å². The van der Waals surface area contributed by atoms with Crippen LogP contribution >= 0.6 is 0 Å². The van der Waals surface area contributed by atoms with E-state index < -0.39 is 0 Å². The van der Waals surface area contributed by atoms with E-state index in [2.05, 4.69) is 15.5 Å². The lowest BCUT2D eigenvalue weighted by Crippen LogP contribution is -2.25. The number of hydrogen-bond acceptors (Lipinski definition) is 4. The third-order valence-corrected chi connectivity index (χ3v) is 4.39. The highest BCUT2D eigenvalue weighted by Gasteiger charge is 2.24. The van der Waals surface area contributed by atoms with Crippen molar-refractivity contribution in [3.8, 4) is 22.5 Å². The molecule has 1 aliphatic carbocycles. The Morgan fingerprint density at radius 1 is 1.08 bits per heavy atom. The lowest BCUT2D eigenvalue weighted by molar-refractivity contribution is 0.0951. The first kappa shape index (κ1) is 15.6. The molecule has 5 nitrogen and oxygen atoms in total. The predicted octanol–water partition coefficient (Wildman–Crippen LogP) is 3.91. The Kier molecular flexibility index (Phi) is 3.84. The summed E-state index contributed by atoms with van der Waals surface area (Å²) in [5, 5.41) is 6.97. The summed E-state index contributed by atoms with van der Waals surface area (Å²) >= 11 is 0. The molecule has 25 heavy (non-hydrogen) atoms. The minimum atomic E-state index is 0.00245. The van der Waals surface area contributed by atoms with E-state index in [-0.39, 0.29) is 5.91 Å². The topological polar surface area (TPSA) is 68.0 Å². The van der Waals surface area contributed by atoms with Gasteiger partial charge >= 0.3 is 0 Å². The van der Waals surface area contributed by atoms with Crippen molar-refractivity contribution in [2.45, 2.75) is 32.7 Å². The van der Waals surface area contributed by atoms with Gasteiger partial charge < -0.3 is 9.84 Å². The van der Waals surface area contributed by atoms with E-state index in [1.54, 1.807) is 6.92 Å². The molecule has 1 aromatic heterocycles.